The fourth-order valence-corrected chi connectivity index (χ4v) is 1.27. The van der Waals surface area contributed by atoms with Crippen LogP contribution in [0.3, 0.4) is 0 Å². The van der Waals surface area contributed by atoms with Crippen LogP contribution >= 0.6 is 0 Å². The predicted molar refractivity (Wildman–Crippen MR) is 55.4 cm³/mol. The molecule has 1 rings (SSSR count). The lowest BCUT2D eigenvalue weighted by Gasteiger charge is -2.20. The van der Waals surface area contributed by atoms with Crippen LogP contribution in [0.4, 0.5) is 0 Å². The Bertz CT molecular complexity index is 301. The zero-order valence-corrected chi connectivity index (χ0v) is 9.37. The molecule has 0 bridgehead atoms. The van der Waals surface area contributed by atoms with E-state index in [0.717, 1.165) is 17.0 Å². The Kier molecular flexibility index (Phi) is 3.84. The molecule has 1 heterocycles. The van der Waals surface area contributed by atoms with Gasteiger partial charge in [-0.15, -0.1) is 0 Å². The fraction of sp³-hybridized carbons (Fsp3) is 0.700. The summed E-state index contributed by atoms with van der Waals surface area (Å²) in [7, 11) is 0. The van der Waals surface area contributed by atoms with Crippen LogP contribution in [0.25, 0.3) is 0 Å². The van der Waals surface area contributed by atoms with Crippen LogP contribution < -0.4 is 5.32 Å². The molecule has 5 heteroatoms. The average molecular weight is 214 g/mol. The second-order valence-electron chi connectivity index (χ2n) is 4.06. The van der Waals surface area contributed by atoms with Crippen LogP contribution in [0.15, 0.2) is 4.52 Å². The Labute approximate surface area is 89.1 Å². The molecule has 0 aliphatic rings. The number of hydrogen-bond donors (Lipinski definition) is 3. The van der Waals surface area contributed by atoms with Gasteiger partial charge in [-0.3, -0.25) is 0 Å². The number of hydrogen-bond acceptors (Lipinski definition) is 5. The second-order valence-corrected chi connectivity index (χ2v) is 4.06. The van der Waals surface area contributed by atoms with Crippen LogP contribution in [0.1, 0.15) is 23.9 Å². The first kappa shape index (κ1) is 12.2. The Morgan fingerprint density at radius 2 is 2.13 bits per heavy atom. The highest BCUT2D eigenvalue weighted by Crippen LogP contribution is 2.11. The van der Waals surface area contributed by atoms with E-state index in [9.17, 15) is 5.11 Å². The number of aliphatic hydroxyl groups is 2. The summed E-state index contributed by atoms with van der Waals surface area (Å²) in [6.07, 6.45) is 0. The minimum absolute atomic E-state index is 0.262. The molecule has 3 N–H and O–H groups in total. The molecule has 1 aromatic heterocycles. The maximum atomic E-state index is 9.54. The molecule has 0 radical (unpaired) electrons. The van der Waals surface area contributed by atoms with Crippen molar-refractivity contribution >= 4 is 0 Å². The van der Waals surface area contributed by atoms with Crippen molar-refractivity contribution < 1.29 is 14.7 Å². The average Bonchev–Trinajstić information content (AvgIpc) is 2.49. The first-order chi connectivity index (χ1) is 6.96. The van der Waals surface area contributed by atoms with Crippen molar-refractivity contribution in [1.82, 2.24) is 10.5 Å². The van der Waals surface area contributed by atoms with Gasteiger partial charge in [0.15, 0.2) is 0 Å². The smallest absolute Gasteiger partial charge is 0.138 e. The molecule has 15 heavy (non-hydrogen) atoms. The minimum Gasteiger partial charge on any atom is -0.393 e. The van der Waals surface area contributed by atoms with E-state index in [0.29, 0.717) is 13.1 Å². The predicted octanol–water partition coefficient (Wildman–Crippen LogP) is 0.124. The van der Waals surface area contributed by atoms with Crippen molar-refractivity contribution in [1.29, 1.82) is 0 Å². The lowest BCUT2D eigenvalue weighted by Crippen LogP contribution is -2.40. The SMILES string of the molecule is Cc1noc(C)c1CNCC(C)(O)CO. The molecule has 86 valence electrons. The molecule has 1 aromatic rings. The number of aromatic nitrogens is 1. The lowest BCUT2D eigenvalue weighted by atomic mass is 10.1. The molecule has 0 amide bonds. The zero-order chi connectivity index (χ0) is 11.5. The first-order valence-electron chi connectivity index (χ1n) is 4.92. The summed E-state index contributed by atoms with van der Waals surface area (Å²) in [5.41, 5.74) is 0.770. The quantitative estimate of drug-likeness (QED) is 0.649. The van der Waals surface area contributed by atoms with Crippen LogP contribution in [0, 0.1) is 13.8 Å². The van der Waals surface area contributed by atoms with E-state index in [4.69, 9.17) is 9.63 Å². The van der Waals surface area contributed by atoms with Gasteiger partial charge in [0.1, 0.15) is 5.76 Å². The Hall–Kier alpha value is -0.910. The van der Waals surface area contributed by atoms with Gasteiger partial charge in [0.25, 0.3) is 0 Å². The lowest BCUT2D eigenvalue weighted by molar-refractivity contribution is 0.00251. The third-order valence-electron chi connectivity index (χ3n) is 2.33. The molecule has 0 aromatic carbocycles. The maximum absolute atomic E-state index is 9.54. The van der Waals surface area contributed by atoms with Crippen molar-refractivity contribution in [3.63, 3.8) is 0 Å². The minimum atomic E-state index is -1.08. The van der Waals surface area contributed by atoms with Crippen molar-refractivity contribution in [2.24, 2.45) is 0 Å². The number of aryl methyl sites for hydroxylation is 2. The second kappa shape index (κ2) is 4.74. The van der Waals surface area contributed by atoms with E-state index in [1.54, 1.807) is 6.92 Å². The van der Waals surface area contributed by atoms with Crippen molar-refractivity contribution in [3.8, 4) is 0 Å². The highest BCUT2D eigenvalue weighted by Gasteiger charge is 2.18. The van der Waals surface area contributed by atoms with Gasteiger partial charge in [-0.25, -0.2) is 0 Å². The Morgan fingerprint density at radius 1 is 1.47 bits per heavy atom. The third kappa shape index (κ3) is 3.30. The van der Waals surface area contributed by atoms with E-state index in [2.05, 4.69) is 10.5 Å². The van der Waals surface area contributed by atoms with E-state index >= 15 is 0 Å². The van der Waals surface area contributed by atoms with Gasteiger partial charge in [0.05, 0.1) is 17.9 Å². The molecule has 1 atom stereocenters. The van der Waals surface area contributed by atoms with Crippen LogP contribution in [0.5, 0.6) is 0 Å². The van der Waals surface area contributed by atoms with Crippen LogP contribution in [-0.4, -0.2) is 34.1 Å². The summed E-state index contributed by atoms with van der Waals surface area (Å²) in [6, 6.07) is 0. The fourth-order valence-electron chi connectivity index (χ4n) is 1.27. The Morgan fingerprint density at radius 3 is 2.60 bits per heavy atom. The zero-order valence-electron chi connectivity index (χ0n) is 9.37. The van der Waals surface area contributed by atoms with E-state index in [1.807, 2.05) is 13.8 Å². The summed E-state index contributed by atoms with van der Waals surface area (Å²) in [5, 5.41) is 25.3. The molecule has 5 nitrogen and oxygen atoms in total. The number of nitrogens with one attached hydrogen (secondary N) is 1. The van der Waals surface area contributed by atoms with Gasteiger partial charge in [-0.05, 0) is 20.8 Å². The monoisotopic (exact) mass is 214 g/mol. The standard InChI is InChI=1S/C10H18N2O3/c1-7-9(8(2)15-12-7)4-11-5-10(3,14)6-13/h11,13-14H,4-6H2,1-3H3. The normalized spacial score (nSPS) is 15.3. The van der Waals surface area contributed by atoms with Crippen LogP contribution in [0.2, 0.25) is 0 Å². The summed E-state index contributed by atoms with van der Waals surface area (Å²) in [6.45, 7) is 5.94. The molecule has 0 saturated heterocycles. The molecule has 0 aliphatic carbocycles. The Balaban J connectivity index is 2.45. The van der Waals surface area contributed by atoms with E-state index < -0.39 is 5.60 Å². The van der Waals surface area contributed by atoms with Gasteiger partial charge in [0, 0.05) is 18.7 Å². The summed E-state index contributed by atoms with van der Waals surface area (Å²) < 4.78 is 5.00. The highest BCUT2D eigenvalue weighted by atomic mass is 16.5. The molecule has 0 spiro atoms. The van der Waals surface area contributed by atoms with Crippen molar-refractivity contribution in [2.45, 2.75) is 32.9 Å². The summed E-state index contributed by atoms with van der Waals surface area (Å²) in [4.78, 5) is 0. The molecule has 0 saturated carbocycles. The van der Waals surface area contributed by atoms with Gasteiger partial charge >= 0.3 is 0 Å². The molecular weight excluding hydrogens is 196 g/mol. The molecule has 1 unspecified atom stereocenters. The molecule has 0 aliphatic heterocycles. The largest absolute Gasteiger partial charge is 0.393 e. The van der Waals surface area contributed by atoms with Gasteiger partial charge in [0.2, 0.25) is 0 Å². The number of nitrogens with zero attached hydrogens (tertiary/aromatic N) is 1. The third-order valence-corrected chi connectivity index (χ3v) is 2.33. The van der Waals surface area contributed by atoms with E-state index in [1.165, 1.54) is 0 Å². The van der Waals surface area contributed by atoms with Gasteiger partial charge in [-0.2, -0.15) is 0 Å². The first-order valence-corrected chi connectivity index (χ1v) is 4.92. The summed E-state index contributed by atoms with van der Waals surface area (Å²) in [5.74, 6) is 0.781. The maximum Gasteiger partial charge on any atom is 0.138 e. The van der Waals surface area contributed by atoms with Crippen molar-refractivity contribution in [2.75, 3.05) is 13.2 Å². The molecular formula is C10H18N2O3. The van der Waals surface area contributed by atoms with Crippen LogP contribution in [-0.2, 0) is 6.54 Å². The number of aliphatic hydroxyl groups excluding tert-OH is 1. The highest BCUT2D eigenvalue weighted by molar-refractivity contribution is 5.20. The van der Waals surface area contributed by atoms with E-state index in [-0.39, 0.29) is 6.61 Å². The van der Waals surface area contributed by atoms with Crippen molar-refractivity contribution in [3.05, 3.63) is 17.0 Å². The topological polar surface area (TPSA) is 78.5 Å². The van der Waals surface area contributed by atoms with Gasteiger partial charge in [-0.1, -0.05) is 5.16 Å². The van der Waals surface area contributed by atoms with Gasteiger partial charge < -0.3 is 20.1 Å². The molecule has 0 fully saturated rings. The number of rotatable bonds is 5. The summed E-state index contributed by atoms with van der Waals surface area (Å²) >= 11 is 0.